The van der Waals surface area contributed by atoms with E-state index in [1.165, 1.54) is 12.1 Å². The molecular weight excluding hydrogens is 179 g/mol. The molecule has 66 valence electrons. The Kier molecular flexibility index (Phi) is 2.65. The van der Waals surface area contributed by atoms with Gasteiger partial charge >= 0.3 is 0 Å². The number of hydrogen-bond donors (Lipinski definition) is 2. The van der Waals surface area contributed by atoms with Crippen molar-refractivity contribution in [2.75, 3.05) is 0 Å². The highest BCUT2D eigenvalue weighted by atomic mass is 31.2. The van der Waals surface area contributed by atoms with Gasteiger partial charge in [-0.2, -0.15) is 0 Å². The van der Waals surface area contributed by atoms with Gasteiger partial charge < -0.3 is 19.5 Å². The Morgan fingerprint density at radius 2 is 1.83 bits per heavy atom. The molecule has 0 aliphatic rings. The second-order valence-corrected chi connectivity index (χ2v) is 3.97. The lowest BCUT2D eigenvalue weighted by Crippen LogP contribution is -2.08. The van der Waals surface area contributed by atoms with Crippen LogP contribution < -0.4 is 4.89 Å². The fraction of sp³-hybridized carbons (Fsp3) is 0.143. The van der Waals surface area contributed by atoms with Gasteiger partial charge in [0.25, 0.3) is 0 Å². The lowest BCUT2D eigenvalue weighted by atomic mass is 10.2. The summed E-state index contributed by atoms with van der Waals surface area (Å²) in [6.07, 6.45) is 0. The lowest BCUT2D eigenvalue weighted by molar-refractivity contribution is -0.202. The number of benzene rings is 1. The molecule has 0 bridgehead atoms. The molecule has 1 aromatic rings. The van der Waals surface area contributed by atoms with Crippen LogP contribution in [0, 0.1) is 0 Å². The molecule has 0 aromatic heterocycles. The van der Waals surface area contributed by atoms with Crippen LogP contribution in [0.25, 0.3) is 0 Å². The van der Waals surface area contributed by atoms with Crippen molar-refractivity contribution < 1.29 is 19.5 Å². The Morgan fingerprint density at radius 1 is 1.33 bits per heavy atom. The normalized spacial score (nSPS) is 18.2. The lowest BCUT2D eigenvalue weighted by Gasteiger charge is -2.22. The molecule has 2 N–H and O–H groups in total. The van der Waals surface area contributed by atoms with E-state index in [9.17, 15) is 9.46 Å². The van der Waals surface area contributed by atoms with Crippen molar-refractivity contribution in [3.05, 3.63) is 35.9 Å². The van der Waals surface area contributed by atoms with Crippen molar-refractivity contribution in [2.24, 2.45) is 0 Å². The summed E-state index contributed by atoms with van der Waals surface area (Å²) in [7, 11) is -4.67. The quantitative estimate of drug-likeness (QED) is 0.649. The Morgan fingerprint density at radius 3 is 2.25 bits per heavy atom. The van der Waals surface area contributed by atoms with E-state index in [1.807, 2.05) is 0 Å². The van der Waals surface area contributed by atoms with Crippen LogP contribution >= 0.6 is 7.60 Å². The van der Waals surface area contributed by atoms with E-state index in [0.29, 0.717) is 0 Å². The van der Waals surface area contributed by atoms with E-state index in [0.717, 1.165) is 0 Å². The fourth-order valence-electron chi connectivity index (χ4n) is 0.814. The third kappa shape index (κ3) is 2.16. The van der Waals surface area contributed by atoms with E-state index in [-0.39, 0.29) is 5.56 Å². The van der Waals surface area contributed by atoms with Gasteiger partial charge in [-0.1, -0.05) is 30.3 Å². The molecule has 0 heterocycles. The maximum atomic E-state index is 10.5. The number of aliphatic hydroxyl groups excluding tert-OH is 1. The summed E-state index contributed by atoms with van der Waals surface area (Å²) in [5.74, 6) is -1.82. The van der Waals surface area contributed by atoms with E-state index in [4.69, 9.17) is 10.00 Å². The molecule has 5 heteroatoms. The van der Waals surface area contributed by atoms with Crippen molar-refractivity contribution in [3.63, 3.8) is 0 Å². The molecule has 1 aromatic carbocycles. The predicted octanol–water partition coefficient (Wildman–Crippen LogP) is 0.223. The minimum Gasteiger partial charge on any atom is -0.777 e. The summed E-state index contributed by atoms with van der Waals surface area (Å²) in [5, 5.41) is 9.03. The molecule has 0 aliphatic carbocycles. The summed E-state index contributed by atoms with van der Waals surface area (Å²) in [6, 6.07) is 7.68. The molecule has 12 heavy (non-hydrogen) atoms. The Balaban J connectivity index is 2.94. The SMILES string of the molecule is O=P([O-])(O)[C@@H](O)c1ccccc1. The number of aliphatic hydroxyl groups is 1. The zero-order valence-electron chi connectivity index (χ0n) is 6.12. The van der Waals surface area contributed by atoms with Crippen molar-refractivity contribution in [2.45, 2.75) is 5.85 Å². The highest BCUT2D eigenvalue weighted by Crippen LogP contribution is 2.45. The second kappa shape index (κ2) is 3.37. The van der Waals surface area contributed by atoms with Gasteiger partial charge in [-0.05, 0) is 5.56 Å². The van der Waals surface area contributed by atoms with Crippen molar-refractivity contribution >= 4 is 7.60 Å². The largest absolute Gasteiger partial charge is 0.777 e. The first-order chi connectivity index (χ1) is 5.52. The molecule has 0 spiro atoms. The molecule has 0 amide bonds. The molecule has 0 aliphatic heterocycles. The summed E-state index contributed by atoms with van der Waals surface area (Å²) in [4.78, 5) is 19.0. The van der Waals surface area contributed by atoms with Crippen LogP contribution in [-0.4, -0.2) is 10.00 Å². The van der Waals surface area contributed by atoms with Crippen molar-refractivity contribution in [1.82, 2.24) is 0 Å². The molecule has 0 radical (unpaired) electrons. The monoisotopic (exact) mass is 187 g/mol. The Bertz CT molecular complexity index is 292. The molecule has 0 fully saturated rings. The van der Waals surface area contributed by atoms with Crippen molar-refractivity contribution in [3.8, 4) is 0 Å². The maximum absolute atomic E-state index is 10.5. The third-order valence-corrected chi connectivity index (χ3v) is 2.32. The van der Waals surface area contributed by atoms with E-state index in [2.05, 4.69) is 0 Å². The first-order valence-corrected chi connectivity index (χ1v) is 4.93. The predicted molar refractivity (Wildman–Crippen MR) is 41.2 cm³/mol. The van der Waals surface area contributed by atoms with Crippen LogP contribution in [-0.2, 0) is 4.57 Å². The molecule has 1 unspecified atom stereocenters. The highest BCUT2D eigenvalue weighted by molar-refractivity contribution is 7.50. The third-order valence-electron chi connectivity index (χ3n) is 1.41. The van der Waals surface area contributed by atoms with E-state index in [1.54, 1.807) is 18.2 Å². The van der Waals surface area contributed by atoms with Gasteiger partial charge in [-0.15, -0.1) is 0 Å². The summed E-state index contributed by atoms with van der Waals surface area (Å²) in [6.45, 7) is 0. The van der Waals surface area contributed by atoms with Gasteiger partial charge in [0.15, 0.2) is 7.60 Å². The molecular formula is C7H8O4P-. The number of rotatable bonds is 2. The molecule has 1 rings (SSSR count). The molecule has 4 nitrogen and oxygen atoms in total. The van der Waals surface area contributed by atoms with Gasteiger partial charge in [0.2, 0.25) is 0 Å². The average Bonchev–Trinajstić information content (AvgIpc) is 2.03. The molecule has 0 saturated heterocycles. The van der Waals surface area contributed by atoms with Gasteiger partial charge in [-0.3, -0.25) is 0 Å². The maximum Gasteiger partial charge on any atom is 0.165 e. The van der Waals surface area contributed by atoms with Crippen molar-refractivity contribution in [1.29, 1.82) is 0 Å². The minimum atomic E-state index is -4.67. The highest BCUT2D eigenvalue weighted by Gasteiger charge is 2.17. The fourth-order valence-corrected chi connectivity index (χ4v) is 1.36. The van der Waals surface area contributed by atoms with Crippen LogP contribution in [0.5, 0.6) is 0 Å². The zero-order chi connectivity index (χ0) is 9.19. The molecule has 0 saturated carbocycles. The first-order valence-electron chi connectivity index (χ1n) is 3.28. The Labute approximate surface area is 69.6 Å². The summed E-state index contributed by atoms with van der Waals surface area (Å²) in [5.41, 5.74) is 0.165. The van der Waals surface area contributed by atoms with Crippen LogP contribution in [0.4, 0.5) is 0 Å². The first kappa shape index (κ1) is 9.42. The average molecular weight is 187 g/mol. The van der Waals surface area contributed by atoms with Crippen LogP contribution in [0.1, 0.15) is 11.4 Å². The van der Waals surface area contributed by atoms with Crippen LogP contribution in [0.3, 0.4) is 0 Å². The number of hydrogen-bond acceptors (Lipinski definition) is 3. The zero-order valence-corrected chi connectivity index (χ0v) is 7.02. The van der Waals surface area contributed by atoms with E-state index < -0.39 is 13.4 Å². The summed E-state index contributed by atoms with van der Waals surface area (Å²) >= 11 is 0. The summed E-state index contributed by atoms with van der Waals surface area (Å²) < 4.78 is 10.5. The standard InChI is InChI=1S/C7H9O4P/c8-7(12(9,10)11)6-4-2-1-3-5-6/h1-5,7-8H,(H2,9,10,11)/p-1/t7-/m1/s1. The molecule has 2 atom stereocenters. The van der Waals surface area contributed by atoms with Gasteiger partial charge in [-0.25, -0.2) is 0 Å². The van der Waals surface area contributed by atoms with Crippen LogP contribution in [0.15, 0.2) is 30.3 Å². The second-order valence-electron chi connectivity index (χ2n) is 2.35. The van der Waals surface area contributed by atoms with Crippen LogP contribution in [0.2, 0.25) is 0 Å². The smallest absolute Gasteiger partial charge is 0.165 e. The topological polar surface area (TPSA) is 80.6 Å². The van der Waals surface area contributed by atoms with Gasteiger partial charge in [0.1, 0.15) is 5.85 Å². The van der Waals surface area contributed by atoms with Gasteiger partial charge in [0, 0.05) is 0 Å². The Hall–Kier alpha value is -0.670. The van der Waals surface area contributed by atoms with E-state index >= 15 is 0 Å². The van der Waals surface area contributed by atoms with Gasteiger partial charge in [0.05, 0.1) is 0 Å². The minimum absolute atomic E-state index is 0.165.